The van der Waals surface area contributed by atoms with E-state index in [1.165, 1.54) is 21.7 Å². The Labute approximate surface area is 140 Å². The molecule has 114 valence electrons. The summed E-state index contributed by atoms with van der Waals surface area (Å²) in [7, 11) is 2.18. The predicted molar refractivity (Wildman–Crippen MR) is 95.6 cm³/mol. The Morgan fingerprint density at radius 1 is 1.05 bits per heavy atom. The van der Waals surface area contributed by atoms with Crippen LogP contribution >= 0.6 is 27.3 Å². The van der Waals surface area contributed by atoms with Crippen molar-refractivity contribution >= 4 is 27.3 Å². The van der Waals surface area contributed by atoms with Crippen LogP contribution in [0, 0.1) is 0 Å². The molecule has 0 amide bonds. The van der Waals surface area contributed by atoms with Crippen molar-refractivity contribution in [3.8, 4) is 0 Å². The van der Waals surface area contributed by atoms with Gasteiger partial charge < -0.3 is 5.32 Å². The van der Waals surface area contributed by atoms with Gasteiger partial charge in [-0.05, 0) is 49.8 Å². The van der Waals surface area contributed by atoms with E-state index in [1.807, 2.05) is 11.3 Å². The first kappa shape index (κ1) is 16.7. The SMILES string of the molecule is CCCNCc1ccc(CN(C)Cc2ccc(Br)cc2)s1. The lowest BCUT2D eigenvalue weighted by molar-refractivity contribution is 0.322. The van der Waals surface area contributed by atoms with Gasteiger partial charge in [-0.2, -0.15) is 0 Å². The molecule has 21 heavy (non-hydrogen) atoms. The lowest BCUT2D eigenvalue weighted by Crippen LogP contribution is -2.16. The molecule has 0 unspecified atom stereocenters. The number of hydrogen-bond donors (Lipinski definition) is 1. The first-order valence-electron chi connectivity index (χ1n) is 7.38. The Morgan fingerprint density at radius 2 is 1.76 bits per heavy atom. The number of nitrogens with one attached hydrogen (secondary N) is 1. The van der Waals surface area contributed by atoms with Crippen LogP contribution in [0.5, 0.6) is 0 Å². The van der Waals surface area contributed by atoms with Crippen LogP contribution in [-0.2, 0) is 19.6 Å². The molecule has 0 saturated carbocycles. The van der Waals surface area contributed by atoms with Crippen molar-refractivity contribution in [2.45, 2.75) is 33.0 Å². The number of rotatable bonds is 8. The van der Waals surface area contributed by atoms with E-state index in [-0.39, 0.29) is 0 Å². The number of thiophene rings is 1. The molecule has 2 aromatic rings. The maximum Gasteiger partial charge on any atom is 0.0328 e. The van der Waals surface area contributed by atoms with E-state index in [0.29, 0.717) is 0 Å². The van der Waals surface area contributed by atoms with Gasteiger partial charge in [-0.1, -0.05) is 35.0 Å². The van der Waals surface area contributed by atoms with Gasteiger partial charge >= 0.3 is 0 Å². The molecule has 0 fully saturated rings. The number of halogens is 1. The van der Waals surface area contributed by atoms with Crippen LogP contribution < -0.4 is 5.32 Å². The van der Waals surface area contributed by atoms with Crippen LogP contribution in [0.4, 0.5) is 0 Å². The third-order valence-electron chi connectivity index (χ3n) is 3.23. The van der Waals surface area contributed by atoms with E-state index in [0.717, 1.165) is 30.7 Å². The van der Waals surface area contributed by atoms with Crippen molar-refractivity contribution in [2.75, 3.05) is 13.6 Å². The van der Waals surface area contributed by atoms with Crippen molar-refractivity contribution in [3.63, 3.8) is 0 Å². The minimum absolute atomic E-state index is 0.981. The van der Waals surface area contributed by atoms with E-state index in [9.17, 15) is 0 Å². The molecule has 0 radical (unpaired) electrons. The molecule has 0 spiro atoms. The lowest BCUT2D eigenvalue weighted by atomic mass is 10.2. The van der Waals surface area contributed by atoms with Gasteiger partial charge in [0.25, 0.3) is 0 Å². The average Bonchev–Trinajstić information content (AvgIpc) is 2.89. The molecule has 0 atom stereocenters. The molecule has 1 aromatic carbocycles. The molecular formula is C17H23BrN2S. The normalized spacial score (nSPS) is 11.2. The second-order valence-electron chi connectivity index (χ2n) is 5.34. The predicted octanol–water partition coefficient (Wildman–Crippen LogP) is 4.64. The first-order chi connectivity index (χ1) is 10.2. The van der Waals surface area contributed by atoms with E-state index >= 15 is 0 Å². The van der Waals surface area contributed by atoms with E-state index in [1.54, 1.807) is 0 Å². The van der Waals surface area contributed by atoms with Crippen molar-refractivity contribution in [2.24, 2.45) is 0 Å². The maximum absolute atomic E-state index is 3.48. The van der Waals surface area contributed by atoms with Gasteiger partial charge in [0.2, 0.25) is 0 Å². The lowest BCUT2D eigenvalue weighted by Gasteiger charge is -2.15. The zero-order valence-corrected chi connectivity index (χ0v) is 15.1. The third-order valence-corrected chi connectivity index (χ3v) is 4.83. The maximum atomic E-state index is 3.48. The summed E-state index contributed by atoms with van der Waals surface area (Å²) in [5.41, 5.74) is 1.35. The summed E-state index contributed by atoms with van der Waals surface area (Å²) in [6.07, 6.45) is 1.19. The molecule has 0 saturated heterocycles. The standard InChI is InChI=1S/C17H23BrN2S/c1-3-10-19-11-16-8-9-17(21-16)13-20(2)12-14-4-6-15(18)7-5-14/h4-9,19H,3,10-13H2,1-2H3. The van der Waals surface area contributed by atoms with Crippen LogP contribution in [0.3, 0.4) is 0 Å². The van der Waals surface area contributed by atoms with Crippen LogP contribution in [0.25, 0.3) is 0 Å². The summed E-state index contributed by atoms with van der Waals surface area (Å²) in [6, 6.07) is 13.1. The zero-order chi connectivity index (χ0) is 15.1. The van der Waals surface area contributed by atoms with E-state index in [4.69, 9.17) is 0 Å². The van der Waals surface area contributed by atoms with Crippen molar-refractivity contribution < 1.29 is 0 Å². The highest BCUT2D eigenvalue weighted by molar-refractivity contribution is 9.10. The van der Waals surface area contributed by atoms with Gasteiger partial charge in [0, 0.05) is 33.9 Å². The molecule has 0 aliphatic carbocycles. The fraction of sp³-hybridized carbons (Fsp3) is 0.412. The Hall–Kier alpha value is -0.680. The zero-order valence-electron chi connectivity index (χ0n) is 12.7. The second kappa shape index (κ2) is 8.69. The number of hydrogen-bond acceptors (Lipinski definition) is 3. The Morgan fingerprint density at radius 3 is 2.48 bits per heavy atom. The summed E-state index contributed by atoms with van der Waals surface area (Å²) >= 11 is 5.39. The van der Waals surface area contributed by atoms with E-state index < -0.39 is 0 Å². The molecule has 4 heteroatoms. The smallest absolute Gasteiger partial charge is 0.0328 e. The Balaban J connectivity index is 1.82. The molecule has 0 aliphatic heterocycles. The van der Waals surface area contributed by atoms with Crippen molar-refractivity contribution in [1.29, 1.82) is 0 Å². The molecule has 2 nitrogen and oxygen atoms in total. The average molecular weight is 367 g/mol. The monoisotopic (exact) mass is 366 g/mol. The summed E-state index contributed by atoms with van der Waals surface area (Å²) in [5, 5.41) is 3.46. The van der Waals surface area contributed by atoms with Gasteiger partial charge in [0.05, 0.1) is 0 Å². The van der Waals surface area contributed by atoms with Crippen LogP contribution in [0.15, 0.2) is 40.9 Å². The summed E-state index contributed by atoms with van der Waals surface area (Å²) in [4.78, 5) is 5.22. The van der Waals surface area contributed by atoms with Gasteiger partial charge in [-0.15, -0.1) is 11.3 Å². The molecule has 2 rings (SSSR count). The molecule has 0 aliphatic rings. The first-order valence-corrected chi connectivity index (χ1v) is 8.99. The minimum atomic E-state index is 0.981. The minimum Gasteiger partial charge on any atom is -0.312 e. The summed E-state index contributed by atoms with van der Waals surface area (Å²) < 4.78 is 1.14. The molecule has 1 heterocycles. The highest BCUT2D eigenvalue weighted by Gasteiger charge is 2.05. The highest BCUT2D eigenvalue weighted by atomic mass is 79.9. The van der Waals surface area contributed by atoms with Crippen molar-refractivity contribution in [1.82, 2.24) is 10.2 Å². The third kappa shape index (κ3) is 5.91. The van der Waals surface area contributed by atoms with Crippen LogP contribution in [0.2, 0.25) is 0 Å². The largest absolute Gasteiger partial charge is 0.312 e. The van der Waals surface area contributed by atoms with E-state index in [2.05, 4.69) is 76.5 Å². The van der Waals surface area contributed by atoms with Crippen LogP contribution in [0.1, 0.15) is 28.7 Å². The van der Waals surface area contributed by atoms with Crippen molar-refractivity contribution in [3.05, 3.63) is 56.2 Å². The van der Waals surface area contributed by atoms with Gasteiger partial charge in [-0.3, -0.25) is 4.90 Å². The van der Waals surface area contributed by atoms with Gasteiger partial charge in [0.1, 0.15) is 0 Å². The second-order valence-corrected chi connectivity index (χ2v) is 7.51. The van der Waals surface area contributed by atoms with Gasteiger partial charge in [0.15, 0.2) is 0 Å². The summed E-state index contributed by atoms with van der Waals surface area (Å²) in [6.45, 7) is 6.28. The summed E-state index contributed by atoms with van der Waals surface area (Å²) in [5.74, 6) is 0. The van der Waals surface area contributed by atoms with Crippen LogP contribution in [-0.4, -0.2) is 18.5 Å². The topological polar surface area (TPSA) is 15.3 Å². The highest BCUT2D eigenvalue weighted by Crippen LogP contribution is 2.19. The quantitative estimate of drug-likeness (QED) is 0.684. The molecule has 1 aromatic heterocycles. The molecule has 0 bridgehead atoms. The number of nitrogens with zero attached hydrogens (tertiary/aromatic N) is 1. The fourth-order valence-electron chi connectivity index (χ4n) is 2.21. The Bertz CT molecular complexity index is 536. The Kier molecular flexibility index (Phi) is 6.90. The fourth-order valence-corrected chi connectivity index (χ4v) is 3.55. The number of benzene rings is 1. The molecule has 1 N–H and O–H groups in total. The molecular weight excluding hydrogens is 344 g/mol. The van der Waals surface area contributed by atoms with Gasteiger partial charge in [-0.25, -0.2) is 0 Å².